The first-order chi connectivity index (χ1) is 12.3. The van der Waals surface area contributed by atoms with E-state index < -0.39 is 0 Å². The van der Waals surface area contributed by atoms with Crippen LogP contribution in [0.3, 0.4) is 0 Å². The summed E-state index contributed by atoms with van der Waals surface area (Å²) in [5.41, 5.74) is 7.06. The van der Waals surface area contributed by atoms with Gasteiger partial charge in [0.05, 0.1) is 5.69 Å². The van der Waals surface area contributed by atoms with Crippen LogP contribution in [-0.2, 0) is 25.7 Å². The van der Waals surface area contributed by atoms with Crippen LogP contribution >= 0.6 is 0 Å². The van der Waals surface area contributed by atoms with Crippen LogP contribution in [0.1, 0.15) is 27.8 Å². The number of benzene rings is 3. The van der Waals surface area contributed by atoms with Crippen LogP contribution < -0.4 is 0 Å². The number of aryl methyl sites for hydroxylation is 4. The van der Waals surface area contributed by atoms with E-state index in [1.165, 1.54) is 22.3 Å². The van der Waals surface area contributed by atoms with Gasteiger partial charge >= 0.3 is 0 Å². The van der Waals surface area contributed by atoms with Crippen LogP contribution in [0.4, 0.5) is 5.69 Å². The Kier molecular flexibility index (Phi) is 4.34. The van der Waals surface area contributed by atoms with Gasteiger partial charge < -0.3 is 5.11 Å². The molecule has 25 heavy (non-hydrogen) atoms. The highest BCUT2D eigenvalue weighted by atomic mass is 16.3. The molecule has 0 saturated carbocycles. The molecule has 0 unspecified atom stereocenters. The van der Waals surface area contributed by atoms with Crippen molar-refractivity contribution in [3.05, 3.63) is 94.5 Å². The molecule has 0 heterocycles. The molecule has 4 bridgehead atoms. The lowest BCUT2D eigenvalue weighted by Gasteiger charge is -2.12. The number of phenolic OH excluding ortho intramolecular Hbond substituents is 1. The fourth-order valence-electron chi connectivity index (χ4n) is 3.27. The van der Waals surface area contributed by atoms with Gasteiger partial charge in [0.25, 0.3) is 0 Å². The van der Waals surface area contributed by atoms with Crippen molar-refractivity contribution in [1.29, 1.82) is 0 Å². The lowest BCUT2D eigenvalue weighted by atomic mass is 9.95. The van der Waals surface area contributed by atoms with Gasteiger partial charge in [-0.3, -0.25) is 4.99 Å². The van der Waals surface area contributed by atoms with Crippen molar-refractivity contribution in [1.82, 2.24) is 0 Å². The van der Waals surface area contributed by atoms with E-state index in [9.17, 15) is 5.11 Å². The molecule has 0 aliphatic heterocycles. The highest BCUT2D eigenvalue weighted by molar-refractivity contribution is 5.85. The second kappa shape index (κ2) is 6.94. The summed E-state index contributed by atoms with van der Waals surface area (Å²) in [5.74, 6) is 0.262. The average molecular weight is 327 g/mol. The summed E-state index contributed by atoms with van der Waals surface area (Å²) >= 11 is 0. The monoisotopic (exact) mass is 327 g/mol. The summed E-state index contributed by atoms with van der Waals surface area (Å²) in [4.78, 5) is 4.70. The van der Waals surface area contributed by atoms with Crippen molar-refractivity contribution in [2.24, 2.45) is 4.99 Å². The Labute approximate surface area is 148 Å². The second-order valence-electron chi connectivity index (χ2n) is 6.60. The van der Waals surface area contributed by atoms with Gasteiger partial charge in [-0.25, -0.2) is 0 Å². The maximum absolute atomic E-state index is 9.94. The minimum Gasteiger partial charge on any atom is -0.507 e. The lowest BCUT2D eigenvalue weighted by molar-refractivity contribution is 0.474. The first-order valence-electron chi connectivity index (χ1n) is 8.80. The summed E-state index contributed by atoms with van der Waals surface area (Å²) in [6.45, 7) is 0. The predicted molar refractivity (Wildman–Crippen MR) is 103 cm³/mol. The van der Waals surface area contributed by atoms with Crippen LogP contribution in [0, 0.1) is 0 Å². The molecule has 0 amide bonds. The van der Waals surface area contributed by atoms with Crippen molar-refractivity contribution in [2.75, 3.05) is 0 Å². The largest absolute Gasteiger partial charge is 0.507 e. The Balaban J connectivity index is 1.68. The van der Waals surface area contributed by atoms with Gasteiger partial charge in [0.1, 0.15) is 5.75 Å². The van der Waals surface area contributed by atoms with Crippen LogP contribution in [0.15, 0.2) is 71.7 Å². The van der Waals surface area contributed by atoms with E-state index >= 15 is 0 Å². The van der Waals surface area contributed by atoms with Crippen LogP contribution in [0.25, 0.3) is 0 Å². The van der Waals surface area contributed by atoms with Gasteiger partial charge in [0.2, 0.25) is 0 Å². The molecule has 2 nitrogen and oxygen atoms in total. The molecule has 124 valence electrons. The minimum absolute atomic E-state index is 0.262. The zero-order chi connectivity index (χ0) is 17.1. The molecule has 3 aromatic rings. The molecule has 0 fully saturated rings. The second-order valence-corrected chi connectivity index (χ2v) is 6.60. The molecule has 4 aliphatic rings. The SMILES string of the molecule is Oc1ccccc1C=Nc1cc2ccc1CCc1ccc(cc1)CC2. The van der Waals surface area contributed by atoms with Crippen molar-refractivity contribution < 1.29 is 5.11 Å². The van der Waals surface area contributed by atoms with Gasteiger partial charge in [-0.05, 0) is 66.1 Å². The van der Waals surface area contributed by atoms with E-state index in [1.54, 1.807) is 12.3 Å². The Hall–Kier alpha value is -2.87. The van der Waals surface area contributed by atoms with E-state index in [1.807, 2.05) is 18.2 Å². The number of hydrogen-bond donors (Lipinski definition) is 1. The normalized spacial score (nSPS) is 13.8. The standard InChI is InChI=1S/C23H21NO/c25-23-4-2-1-3-21(23)16-24-22-15-19-10-9-17-5-7-18(8-6-17)11-13-20(22)14-12-19/h1-8,12,14-16,25H,9-11,13H2. The Morgan fingerprint density at radius 2 is 1.36 bits per heavy atom. The Morgan fingerprint density at radius 1 is 0.720 bits per heavy atom. The third kappa shape index (κ3) is 3.63. The highest BCUT2D eigenvalue weighted by Gasteiger charge is 2.07. The van der Waals surface area contributed by atoms with Crippen molar-refractivity contribution in [3.8, 4) is 5.75 Å². The van der Waals surface area contributed by atoms with E-state index in [0.717, 1.165) is 36.9 Å². The van der Waals surface area contributed by atoms with Gasteiger partial charge in [0.15, 0.2) is 0 Å². The van der Waals surface area contributed by atoms with Crippen molar-refractivity contribution >= 4 is 11.9 Å². The van der Waals surface area contributed by atoms with Crippen LogP contribution in [-0.4, -0.2) is 11.3 Å². The first-order valence-corrected chi connectivity index (χ1v) is 8.80. The van der Waals surface area contributed by atoms with E-state index in [4.69, 9.17) is 4.99 Å². The number of hydrogen-bond acceptors (Lipinski definition) is 2. The molecule has 1 N–H and O–H groups in total. The van der Waals surface area contributed by atoms with Gasteiger partial charge in [0, 0.05) is 11.8 Å². The Bertz CT molecular complexity index is 910. The van der Waals surface area contributed by atoms with Gasteiger partial charge in [-0.15, -0.1) is 0 Å². The molecule has 3 aromatic carbocycles. The number of rotatable bonds is 2. The molecule has 0 saturated heterocycles. The molecule has 0 aromatic heterocycles. The molecular formula is C23H21NO. The third-order valence-corrected chi connectivity index (χ3v) is 4.84. The highest BCUT2D eigenvalue weighted by Crippen LogP contribution is 2.26. The summed E-state index contributed by atoms with van der Waals surface area (Å²) < 4.78 is 0. The number of aromatic hydroxyl groups is 1. The number of aliphatic imine (C=N–C) groups is 1. The number of nitrogens with zero attached hydrogens (tertiary/aromatic N) is 1. The van der Waals surface area contributed by atoms with Crippen LogP contribution in [0.2, 0.25) is 0 Å². The fourth-order valence-corrected chi connectivity index (χ4v) is 3.27. The molecule has 0 radical (unpaired) electrons. The number of phenols is 1. The maximum atomic E-state index is 9.94. The minimum atomic E-state index is 0.262. The fraction of sp³-hybridized carbons (Fsp3) is 0.174. The van der Waals surface area contributed by atoms with Crippen molar-refractivity contribution in [2.45, 2.75) is 25.7 Å². The Morgan fingerprint density at radius 3 is 2.12 bits per heavy atom. The number of para-hydroxylation sites is 1. The maximum Gasteiger partial charge on any atom is 0.124 e. The van der Waals surface area contributed by atoms with Crippen LogP contribution in [0.5, 0.6) is 5.75 Å². The van der Waals surface area contributed by atoms with Crippen molar-refractivity contribution in [3.63, 3.8) is 0 Å². The summed E-state index contributed by atoms with van der Waals surface area (Å²) in [6.07, 6.45) is 5.80. The molecule has 2 heteroatoms. The van der Waals surface area contributed by atoms with E-state index in [-0.39, 0.29) is 5.75 Å². The first kappa shape index (κ1) is 15.6. The molecule has 0 spiro atoms. The predicted octanol–water partition coefficient (Wildman–Crippen LogP) is 5.03. The van der Waals surface area contributed by atoms with Gasteiger partial charge in [-0.1, -0.05) is 48.5 Å². The summed E-state index contributed by atoms with van der Waals surface area (Å²) in [6, 6.07) is 22.9. The molecule has 7 rings (SSSR count). The molecule has 4 aliphatic carbocycles. The van der Waals surface area contributed by atoms with E-state index in [2.05, 4.69) is 42.5 Å². The third-order valence-electron chi connectivity index (χ3n) is 4.84. The van der Waals surface area contributed by atoms with E-state index in [0.29, 0.717) is 0 Å². The average Bonchev–Trinajstić information content (AvgIpc) is 2.64. The summed E-state index contributed by atoms with van der Waals surface area (Å²) in [7, 11) is 0. The molecule has 0 atom stereocenters. The smallest absolute Gasteiger partial charge is 0.124 e. The molecular weight excluding hydrogens is 306 g/mol. The zero-order valence-corrected chi connectivity index (χ0v) is 14.2. The summed E-state index contributed by atoms with van der Waals surface area (Å²) in [5, 5.41) is 9.94. The quantitative estimate of drug-likeness (QED) is 0.658. The zero-order valence-electron chi connectivity index (χ0n) is 14.2. The lowest BCUT2D eigenvalue weighted by Crippen LogP contribution is -1.98. The topological polar surface area (TPSA) is 32.6 Å². The van der Waals surface area contributed by atoms with Gasteiger partial charge in [-0.2, -0.15) is 0 Å².